The molecule has 3 N–H and O–H groups in total. The zero-order chi connectivity index (χ0) is 19.3. The van der Waals surface area contributed by atoms with Crippen molar-refractivity contribution in [1.29, 1.82) is 0 Å². The second kappa shape index (κ2) is 8.02. The van der Waals surface area contributed by atoms with Crippen LogP contribution in [0, 0.1) is 0 Å². The van der Waals surface area contributed by atoms with Crippen LogP contribution in [-0.2, 0) is 13.1 Å². The molecule has 0 atom stereocenters. The van der Waals surface area contributed by atoms with E-state index in [1.165, 1.54) is 5.56 Å². The van der Waals surface area contributed by atoms with Gasteiger partial charge in [-0.05, 0) is 36.2 Å². The molecule has 2 aromatic heterocycles. The summed E-state index contributed by atoms with van der Waals surface area (Å²) in [5.41, 5.74) is 9.02. The average molecular weight is 370 g/mol. The Morgan fingerprint density at radius 1 is 0.929 bits per heavy atom. The van der Waals surface area contributed by atoms with Crippen LogP contribution in [-0.4, -0.2) is 26.9 Å². The minimum absolute atomic E-state index is 0.262. The third kappa shape index (κ3) is 4.42. The van der Waals surface area contributed by atoms with Gasteiger partial charge in [-0.1, -0.05) is 36.4 Å². The molecule has 2 aromatic carbocycles. The number of pyridine rings is 1. The van der Waals surface area contributed by atoms with Crippen molar-refractivity contribution in [2.24, 2.45) is 0 Å². The minimum Gasteiger partial charge on any atom is -0.368 e. The molecule has 0 aliphatic rings. The molecule has 0 bridgehead atoms. The van der Waals surface area contributed by atoms with Crippen LogP contribution in [0.5, 0.6) is 0 Å². The number of hydrogen-bond donors (Lipinski definition) is 2. The number of nitrogen functional groups attached to an aromatic ring is 1. The summed E-state index contributed by atoms with van der Waals surface area (Å²) in [6, 6.07) is 20.4. The van der Waals surface area contributed by atoms with Gasteiger partial charge in [0.15, 0.2) is 0 Å². The quantitative estimate of drug-likeness (QED) is 0.534. The molecule has 0 spiro atoms. The third-order valence-corrected chi connectivity index (χ3v) is 4.44. The fourth-order valence-electron chi connectivity index (χ4n) is 3.20. The maximum absolute atomic E-state index is 5.94. The Bertz CT molecular complexity index is 1080. The van der Waals surface area contributed by atoms with E-state index in [9.17, 15) is 0 Å². The topological polar surface area (TPSA) is 80.0 Å². The Hall–Kier alpha value is -3.51. The first-order valence-corrected chi connectivity index (χ1v) is 9.12. The smallest absolute Gasteiger partial charge is 0.222 e. The van der Waals surface area contributed by atoms with Crippen molar-refractivity contribution in [2.45, 2.75) is 13.1 Å². The summed E-state index contributed by atoms with van der Waals surface area (Å²) in [6.45, 7) is 1.52. The molecule has 6 nitrogen and oxygen atoms in total. The first kappa shape index (κ1) is 17.9. The lowest BCUT2D eigenvalue weighted by molar-refractivity contribution is 0.315. The summed E-state index contributed by atoms with van der Waals surface area (Å²) in [6.07, 6.45) is 3.64. The lowest BCUT2D eigenvalue weighted by Gasteiger charge is -2.17. The summed E-state index contributed by atoms with van der Waals surface area (Å²) in [7, 11) is 2.07. The number of nitrogens with two attached hydrogens (primary N) is 1. The molecule has 4 rings (SSSR count). The van der Waals surface area contributed by atoms with E-state index in [0.29, 0.717) is 12.4 Å². The molecule has 2 heterocycles. The number of aromatic nitrogens is 3. The summed E-state index contributed by atoms with van der Waals surface area (Å²) in [5.74, 6) is 0.946. The van der Waals surface area contributed by atoms with Gasteiger partial charge in [0.1, 0.15) is 5.82 Å². The minimum atomic E-state index is 0.262. The Morgan fingerprint density at radius 3 is 2.64 bits per heavy atom. The van der Waals surface area contributed by atoms with Crippen LogP contribution in [0.2, 0.25) is 0 Å². The van der Waals surface area contributed by atoms with Crippen LogP contribution in [0.1, 0.15) is 11.3 Å². The van der Waals surface area contributed by atoms with Crippen LogP contribution in [0.25, 0.3) is 10.8 Å². The van der Waals surface area contributed by atoms with Gasteiger partial charge in [-0.15, -0.1) is 0 Å². The lowest BCUT2D eigenvalue weighted by atomic mass is 10.1. The van der Waals surface area contributed by atoms with Crippen molar-refractivity contribution in [3.8, 4) is 0 Å². The SMILES string of the molecule is CN(Cc1ccccc1)Cc1cc(Nc2ccc3cnccc3c2)nc(N)n1. The maximum Gasteiger partial charge on any atom is 0.222 e. The van der Waals surface area contributed by atoms with Crippen molar-refractivity contribution in [1.82, 2.24) is 19.9 Å². The highest BCUT2D eigenvalue weighted by Gasteiger charge is 2.07. The Morgan fingerprint density at radius 2 is 1.79 bits per heavy atom. The standard InChI is InChI=1S/C22H22N6/c1-28(14-16-5-3-2-4-6-16)15-20-12-21(27-22(23)26-20)25-19-8-7-18-13-24-10-9-17(18)11-19/h2-13H,14-15H2,1H3,(H3,23,25,26,27). The van der Waals surface area contributed by atoms with Crippen molar-refractivity contribution in [3.63, 3.8) is 0 Å². The summed E-state index contributed by atoms with van der Waals surface area (Å²) in [5, 5.41) is 5.54. The van der Waals surface area contributed by atoms with Gasteiger partial charge in [0, 0.05) is 42.6 Å². The predicted molar refractivity (Wildman–Crippen MR) is 113 cm³/mol. The molecule has 28 heavy (non-hydrogen) atoms. The Kier molecular flexibility index (Phi) is 5.12. The number of benzene rings is 2. The zero-order valence-corrected chi connectivity index (χ0v) is 15.7. The average Bonchev–Trinajstić information content (AvgIpc) is 2.68. The molecule has 0 aliphatic heterocycles. The first-order chi connectivity index (χ1) is 13.7. The summed E-state index contributed by atoms with van der Waals surface area (Å²) in [4.78, 5) is 15.1. The second-order valence-corrected chi connectivity index (χ2v) is 6.82. The number of nitrogens with one attached hydrogen (secondary N) is 1. The summed E-state index contributed by atoms with van der Waals surface area (Å²) >= 11 is 0. The van der Waals surface area contributed by atoms with Gasteiger partial charge in [-0.3, -0.25) is 9.88 Å². The van der Waals surface area contributed by atoms with E-state index >= 15 is 0 Å². The zero-order valence-electron chi connectivity index (χ0n) is 15.7. The van der Waals surface area contributed by atoms with E-state index in [0.717, 1.165) is 28.7 Å². The lowest BCUT2D eigenvalue weighted by Crippen LogP contribution is -2.18. The predicted octanol–water partition coefficient (Wildman–Crippen LogP) is 3.98. The third-order valence-electron chi connectivity index (χ3n) is 4.44. The molecule has 0 aliphatic carbocycles. The highest BCUT2D eigenvalue weighted by molar-refractivity contribution is 5.85. The van der Waals surface area contributed by atoms with E-state index in [1.54, 1.807) is 6.20 Å². The van der Waals surface area contributed by atoms with E-state index in [4.69, 9.17) is 5.73 Å². The van der Waals surface area contributed by atoms with Gasteiger partial charge in [0.25, 0.3) is 0 Å². The van der Waals surface area contributed by atoms with Gasteiger partial charge in [0.05, 0.1) is 5.69 Å². The van der Waals surface area contributed by atoms with Crippen LogP contribution in [0.4, 0.5) is 17.5 Å². The highest BCUT2D eigenvalue weighted by atomic mass is 15.1. The largest absolute Gasteiger partial charge is 0.368 e. The fourth-order valence-corrected chi connectivity index (χ4v) is 3.20. The van der Waals surface area contributed by atoms with Crippen molar-refractivity contribution in [2.75, 3.05) is 18.1 Å². The van der Waals surface area contributed by atoms with Crippen LogP contribution in [0.3, 0.4) is 0 Å². The van der Waals surface area contributed by atoms with E-state index < -0.39 is 0 Å². The Labute approximate surface area is 164 Å². The van der Waals surface area contributed by atoms with Gasteiger partial charge in [-0.25, -0.2) is 4.98 Å². The van der Waals surface area contributed by atoms with Crippen molar-refractivity contribution < 1.29 is 0 Å². The molecular weight excluding hydrogens is 348 g/mol. The molecular formula is C22H22N6. The van der Waals surface area contributed by atoms with Gasteiger partial charge < -0.3 is 11.1 Å². The number of anilines is 3. The fraction of sp³-hybridized carbons (Fsp3) is 0.136. The number of nitrogens with zero attached hydrogens (tertiary/aromatic N) is 4. The van der Waals surface area contributed by atoms with E-state index in [-0.39, 0.29) is 5.95 Å². The van der Waals surface area contributed by atoms with Crippen LogP contribution >= 0.6 is 0 Å². The van der Waals surface area contributed by atoms with Crippen molar-refractivity contribution in [3.05, 3.63) is 84.3 Å². The number of hydrogen-bond acceptors (Lipinski definition) is 6. The number of fused-ring (bicyclic) bond motifs is 1. The van der Waals surface area contributed by atoms with Gasteiger partial charge in [-0.2, -0.15) is 4.98 Å². The molecule has 0 amide bonds. The molecule has 0 radical (unpaired) electrons. The highest BCUT2D eigenvalue weighted by Crippen LogP contribution is 2.22. The normalized spacial score (nSPS) is 11.1. The Balaban J connectivity index is 1.49. The molecule has 0 fully saturated rings. The monoisotopic (exact) mass is 370 g/mol. The first-order valence-electron chi connectivity index (χ1n) is 9.12. The second-order valence-electron chi connectivity index (χ2n) is 6.82. The molecule has 0 saturated carbocycles. The molecule has 0 saturated heterocycles. The molecule has 4 aromatic rings. The van der Waals surface area contributed by atoms with Crippen molar-refractivity contribution >= 4 is 28.2 Å². The molecule has 0 unspecified atom stereocenters. The summed E-state index contributed by atoms with van der Waals surface area (Å²) < 4.78 is 0. The van der Waals surface area contributed by atoms with Gasteiger partial charge in [0.2, 0.25) is 5.95 Å². The molecule has 140 valence electrons. The van der Waals surface area contributed by atoms with E-state index in [1.807, 2.05) is 48.7 Å². The van der Waals surface area contributed by atoms with Crippen LogP contribution in [0.15, 0.2) is 73.1 Å². The number of rotatable bonds is 6. The van der Waals surface area contributed by atoms with Gasteiger partial charge >= 0.3 is 0 Å². The molecule has 6 heteroatoms. The maximum atomic E-state index is 5.94. The van der Waals surface area contributed by atoms with E-state index in [2.05, 4.69) is 50.4 Å². The van der Waals surface area contributed by atoms with Crippen LogP contribution < -0.4 is 11.1 Å².